The zero-order chi connectivity index (χ0) is 22.7. The topological polar surface area (TPSA) is 70.1 Å². The standard InChI is InChI=1S/C23H24Cl2N2O4/c1-26(2)11-4-12-27-20(14-5-8-16(24)9-6-14)19(22(29)23(27)30)21(28)15-7-10-18(31-3)17(25)13-15/h5-10,13,20,28H,4,11-12H2,1-3H3/b21-19+/t20-/m0/s1. The van der Waals surface area contributed by atoms with Crippen molar-refractivity contribution in [2.24, 2.45) is 0 Å². The van der Waals surface area contributed by atoms with Gasteiger partial charge in [0.15, 0.2) is 0 Å². The third-order valence-corrected chi connectivity index (χ3v) is 5.70. The lowest BCUT2D eigenvalue weighted by Gasteiger charge is -2.26. The fraction of sp³-hybridized carbons (Fsp3) is 0.304. The number of rotatable bonds is 7. The molecule has 2 aromatic rings. The molecule has 1 amide bonds. The van der Waals surface area contributed by atoms with Gasteiger partial charge in [-0.2, -0.15) is 0 Å². The van der Waals surface area contributed by atoms with Crippen LogP contribution in [-0.4, -0.2) is 60.9 Å². The van der Waals surface area contributed by atoms with E-state index in [4.69, 9.17) is 27.9 Å². The molecule has 1 heterocycles. The molecule has 0 aromatic heterocycles. The first-order chi connectivity index (χ1) is 14.7. The second kappa shape index (κ2) is 9.73. The summed E-state index contributed by atoms with van der Waals surface area (Å²) in [4.78, 5) is 29.4. The predicted octanol–water partition coefficient (Wildman–Crippen LogP) is 4.38. The average molecular weight is 463 g/mol. The SMILES string of the molecule is COc1ccc(/C(O)=C2\C(=O)C(=O)N(CCCN(C)C)[C@H]2c2ccc(Cl)cc2)cc1Cl. The Hall–Kier alpha value is -2.54. The van der Waals surface area contributed by atoms with Crippen LogP contribution >= 0.6 is 23.2 Å². The Labute approximate surface area is 191 Å². The molecule has 1 atom stereocenters. The van der Waals surface area contributed by atoms with Crippen LogP contribution in [0.1, 0.15) is 23.6 Å². The molecule has 3 rings (SSSR count). The molecule has 1 aliphatic heterocycles. The van der Waals surface area contributed by atoms with Gasteiger partial charge < -0.3 is 19.6 Å². The number of nitrogens with zero attached hydrogens (tertiary/aromatic N) is 2. The van der Waals surface area contributed by atoms with Gasteiger partial charge in [0.25, 0.3) is 11.7 Å². The predicted molar refractivity (Wildman–Crippen MR) is 122 cm³/mol. The molecule has 31 heavy (non-hydrogen) atoms. The number of benzene rings is 2. The highest BCUT2D eigenvalue weighted by molar-refractivity contribution is 6.46. The van der Waals surface area contributed by atoms with Gasteiger partial charge in [-0.05, 0) is 63.0 Å². The zero-order valence-corrected chi connectivity index (χ0v) is 19.1. The van der Waals surface area contributed by atoms with Gasteiger partial charge in [0.2, 0.25) is 0 Å². The Morgan fingerprint density at radius 2 is 1.81 bits per heavy atom. The van der Waals surface area contributed by atoms with Crippen LogP contribution in [0, 0.1) is 0 Å². The summed E-state index contributed by atoms with van der Waals surface area (Å²) in [6.45, 7) is 1.13. The Bertz CT molecular complexity index is 1020. The summed E-state index contributed by atoms with van der Waals surface area (Å²) in [7, 11) is 5.37. The van der Waals surface area contributed by atoms with E-state index in [0.717, 1.165) is 6.54 Å². The normalized spacial score (nSPS) is 18.1. The number of hydrogen-bond acceptors (Lipinski definition) is 5. The second-order valence-corrected chi connectivity index (χ2v) is 8.39. The Morgan fingerprint density at radius 3 is 2.39 bits per heavy atom. The van der Waals surface area contributed by atoms with Crippen molar-refractivity contribution in [3.05, 3.63) is 69.2 Å². The number of aliphatic hydroxyl groups excluding tert-OH is 1. The second-order valence-electron chi connectivity index (χ2n) is 7.55. The fourth-order valence-electron chi connectivity index (χ4n) is 3.63. The molecule has 0 aliphatic carbocycles. The van der Waals surface area contributed by atoms with E-state index in [0.29, 0.717) is 34.9 Å². The van der Waals surface area contributed by atoms with Crippen LogP contribution in [0.5, 0.6) is 5.75 Å². The molecule has 1 N–H and O–H groups in total. The number of amides is 1. The zero-order valence-electron chi connectivity index (χ0n) is 17.6. The quantitative estimate of drug-likeness (QED) is 0.375. The van der Waals surface area contributed by atoms with Crippen LogP contribution in [0.15, 0.2) is 48.0 Å². The van der Waals surface area contributed by atoms with Crippen LogP contribution in [0.4, 0.5) is 0 Å². The lowest BCUT2D eigenvalue weighted by molar-refractivity contribution is -0.139. The van der Waals surface area contributed by atoms with Crippen LogP contribution in [0.2, 0.25) is 10.0 Å². The summed E-state index contributed by atoms with van der Waals surface area (Å²) >= 11 is 12.2. The van der Waals surface area contributed by atoms with Crippen molar-refractivity contribution in [1.82, 2.24) is 9.80 Å². The number of halogens is 2. The summed E-state index contributed by atoms with van der Waals surface area (Å²) in [5.41, 5.74) is 1.05. The summed E-state index contributed by atoms with van der Waals surface area (Å²) in [5.74, 6) is -1.20. The van der Waals surface area contributed by atoms with Gasteiger partial charge in [0, 0.05) is 17.1 Å². The number of ketones is 1. The van der Waals surface area contributed by atoms with E-state index >= 15 is 0 Å². The van der Waals surface area contributed by atoms with Gasteiger partial charge in [-0.3, -0.25) is 9.59 Å². The van der Waals surface area contributed by atoms with E-state index in [-0.39, 0.29) is 16.4 Å². The third-order valence-electron chi connectivity index (χ3n) is 5.16. The van der Waals surface area contributed by atoms with Gasteiger partial charge in [-0.1, -0.05) is 35.3 Å². The number of carbonyl (C=O) groups excluding carboxylic acids is 2. The molecule has 1 saturated heterocycles. The van der Waals surface area contributed by atoms with Crippen molar-refractivity contribution in [3.8, 4) is 5.75 Å². The van der Waals surface area contributed by atoms with Crippen molar-refractivity contribution in [2.75, 3.05) is 34.3 Å². The van der Waals surface area contributed by atoms with Gasteiger partial charge in [-0.15, -0.1) is 0 Å². The monoisotopic (exact) mass is 462 g/mol. The minimum absolute atomic E-state index is 0.0263. The fourth-order valence-corrected chi connectivity index (χ4v) is 4.01. The van der Waals surface area contributed by atoms with E-state index < -0.39 is 17.7 Å². The van der Waals surface area contributed by atoms with Crippen molar-refractivity contribution >= 4 is 40.7 Å². The van der Waals surface area contributed by atoms with Crippen LogP contribution < -0.4 is 4.74 Å². The molecule has 0 bridgehead atoms. The van der Waals surface area contributed by atoms with Gasteiger partial charge in [0.1, 0.15) is 11.5 Å². The molecule has 2 aromatic carbocycles. The maximum absolute atomic E-state index is 13.0. The first kappa shape index (κ1) is 23.1. The highest BCUT2D eigenvalue weighted by atomic mass is 35.5. The summed E-state index contributed by atoms with van der Waals surface area (Å²) in [6, 6.07) is 10.9. The molecule has 0 saturated carbocycles. The molecule has 0 unspecified atom stereocenters. The molecular formula is C23H24Cl2N2O4. The third kappa shape index (κ3) is 4.87. The summed E-state index contributed by atoms with van der Waals surface area (Å²) in [5, 5.41) is 11.9. The van der Waals surface area contributed by atoms with E-state index in [9.17, 15) is 14.7 Å². The minimum Gasteiger partial charge on any atom is -0.507 e. The minimum atomic E-state index is -0.728. The van der Waals surface area contributed by atoms with E-state index in [1.165, 1.54) is 18.1 Å². The van der Waals surface area contributed by atoms with Crippen molar-refractivity contribution < 1.29 is 19.4 Å². The molecule has 8 heteroatoms. The maximum Gasteiger partial charge on any atom is 0.295 e. The van der Waals surface area contributed by atoms with Gasteiger partial charge >= 0.3 is 0 Å². The highest BCUT2D eigenvalue weighted by Crippen LogP contribution is 2.40. The lowest BCUT2D eigenvalue weighted by Crippen LogP contribution is -2.32. The molecule has 0 spiro atoms. The average Bonchev–Trinajstić information content (AvgIpc) is 2.98. The number of methoxy groups -OCH3 is 1. The van der Waals surface area contributed by atoms with Crippen molar-refractivity contribution in [1.29, 1.82) is 0 Å². The van der Waals surface area contributed by atoms with E-state index in [1.807, 2.05) is 19.0 Å². The van der Waals surface area contributed by atoms with E-state index in [2.05, 4.69) is 0 Å². The van der Waals surface area contributed by atoms with Crippen LogP contribution in [0.25, 0.3) is 5.76 Å². The summed E-state index contributed by atoms with van der Waals surface area (Å²) in [6.07, 6.45) is 0.679. The number of Topliss-reactive ketones (excluding diaryl/α,β-unsaturated/α-hetero) is 1. The van der Waals surface area contributed by atoms with Crippen molar-refractivity contribution in [3.63, 3.8) is 0 Å². The molecule has 6 nitrogen and oxygen atoms in total. The van der Waals surface area contributed by atoms with E-state index in [1.54, 1.807) is 36.4 Å². The molecular weight excluding hydrogens is 439 g/mol. The van der Waals surface area contributed by atoms with Gasteiger partial charge in [0.05, 0.1) is 23.7 Å². The molecule has 0 radical (unpaired) electrons. The van der Waals surface area contributed by atoms with Gasteiger partial charge in [-0.25, -0.2) is 0 Å². The number of likely N-dealkylation sites (tertiary alicyclic amines) is 1. The number of hydrogen-bond donors (Lipinski definition) is 1. The number of aliphatic hydroxyl groups is 1. The Balaban J connectivity index is 2.10. The maximum atomic E-state index is 13.0. The smallest absolute Gasteiger partial charge is 0.295 e. The lowest BCUT2D eigenvalue weighted by atomic mass is 9.95. The first-order valence-electron chi connectivity index (χ1n) is 9.77. The molecule has 1 aliphatic rings. The van der Waals surface area contributed by atoms with Crippen molar-refractivity contribution in [2.45, 2.75) is 12.5 Å². The summed E-state index contributed by atoms with van der Waals surface area (Å²) < 4.78 is 5.15. The first-order valence-corrected chi connectivity index (χ1v) is 10.5. The number of carbonyl (C=O) groups is 2. The largest absolute Gasteiger partial charge is 0.507 e. The Kier molecular flexibility index (Phi) is 7.26. The van der Waals surface area contributed by atoms with Crippen LogP contribution in [0.3, 0.4) is 0 Å². The highest BCUT2D eigenvalue weighted by Gasteiger charge is 2.45. The molecule has 1 fully saturated rings. The number of ether oxygens (including phenoxy) is 1. The Morgan fingerprint density at radius 1 is 1.13 bits per heavy atom. The molecule has 164 valence electrons. The van der Waals surface area contributed by atoms with Crippen LogP contribution in [-0.2, 0) is 9.59 Å².